The Morgan fingerprint density at radius 2 is 1.79 bits per heavy atom. The summed E-state index contributed by atoms with van der Waals surface area (Å²) in [5.41, 5.74) is 5.30. The molecule has 0 rings (SSSR count). The van der Waals surface area contributed by atoms with Gasteiger partial charge in [-0.2, -0.15) is 0 Å². The average molecular weight is 202 g/mol. The first-order chi connectivity index (χ1) is 6.18. The number of hydrogen-bond acceptors (Lipinski definition) is 2. The van der Waals surface area contributed by atoms with Crippen LogP contribution in [0.3, 0.4) is 0 Å². The Hall–Kier alpha value is -0.770. The van der Waals surface area contributed by atoms with Crippen LogP contribution >= 0.6 is 0 Å². The van der Waals surface area contributed by atoms with Gasteiger partial charge in [-0.25, -0.2) is 4.79 Å². The standard InChI is InChI=1S/C10H22N2O2/c1-9(2,7-11)5-6-10(3,4)12-8(13)14/h12H,5-7,11H2,1-4H3,(H,13,14). The first kappa shape index (κ1) is 13.2. The van der Waals surface area contributed by atoms with Crippen molar-refractivity contribution in [3.8, 4) is 0 Å². The number of nitrogens with two attached hydrogens (primary N) is 1. The van der Waals surface area contributed by atoms with Crippen molar-refractivity contribution < 1.29 is 9.90 Å². The van der Waals surface area contributed by atoms with Gasteiger partial charge in [-0.15, -0.1) is 0 Å². The summed E-state index contributed by atoms with van der Waals surface area (Å²) in [6.07, 6.45) is 0.737. The van der Waals surface area contributed by atoms with Crippen molar-refractivity contribution in [3.05, 3.63) is 0 Å². The average Bonchev–Trinajstić information content (AvgIpc) is 1.99. The number of amides is 1. The summed E-state index contributed by atoms with van der Waals surface area (Å²) in [6, 6.07) is 0. The number of carbonyl (C=O) groups is 1. The number of carboxylic acid groups (broad SMARTS) is 1. The molecule has 0 aromatic carbocycles. The minimum Gasteiger partial charge on any atom is -0.465 e. The number of nitrogens with one attached hydrogen (secondary N) is 1. The van der Waals surface area contributed by atoms with Crippen molar-refractivity contribution in [2.45, 2.75) is 46.1 Å². The fraction of sp³-hybridized carbons (Fsp3) is 0.900. The Morgan fingerprint density at radius 1 is 1.29 bits per heavy atom. The van der Waals surface area contributed by atoms with E-state index in [1.165, 1.54) is 0 Å². The van der Waals surface area contributed by atoms with E-state index in [1.807, 2.05) is 13.8 Å². The van der Waals surface area contributed by atoms with E-state index in [9.17, 15) is 4.79 Å². The molecule has 0 atom stereocenters. The second kappa shape index (κ2) is 4.64. The second-order valence-corrected chi connectivity index (χ2v) is 5.18. The highest BCUT2D eigenvalue weighted by molar-refractivity contribution is 5.65. The summed E-state index contributed by atoms with van der Waals surface area (Å²) in [6.45, 7) is 8.56. The Kier molecular flexibility index (Phi) is 4.39. The van der Waals surface area contributed by atoms with Crippen molar-refractivity contribution in [1.82, 2.24) is 5.32 Å². The third kappa shape index (κ3) is 5.80. The lowest BCUT2D eigenvalue weighted by atomic mass is 9.83. The minimum atomic E-state index is -0.972. The fourth-order valence-corrected chi connectivity index (χ4v) is 1.10. The molecule has 0 radical (unpaired) electrons. The largest absolute Gasteiger partial charge is 0.465 e. The number of rotatable bonds is 5. The molecular formula is C10H22N2O2. The number of hydrogen-bond donors (Lipinski definition) is 3. The van der Waals surface area contributed by atoms with Gasteiger partial charge in [0.1, 0.15) is 0 Å². The summed E-state index contributed by atoms with van der Waals surface area (Å²) in [7, 11) is 0. The molecule has 0 aliphatic rings. The van der Waals surface area contributed by atoms with Crippen LogP contribution in [0.2, 0.25) is 0 Å². The van der Waals surface area contributed by atoms with Crippen LogP contribution in [0.1, 0.15) is 40.5 Å². The van der Waals surface area contributed by atoms with Gasteiger partial charge in [0.15, 0.2) is 0 Å². The van der Waals surface area contributed by atoms with Crippen LogP contribution in [0, 0.1) is 5.41 Å². The van der Waals surface area contributed by atoms with Gasteiger partial charge >= 0.3 is 6.09 Å². The maximum atomic E-state index is 10.5. The maximum Gasteiger partial charge on any atom is 0.405 e. The fourth-order valence-electron chi connectivity index (χ4n) is 1.10. The van der Waals surface area contributed by atoms with Crippen LogP contribution in [0.4, 0.5) is 4.79 Å². The third-order valence-electron chi connectivity index (χ3n) is 2.42. The molecule has 84 valence electrons. The Labute approximate surface area is 85.9 Å². The van der Waals surface area contributed by atoms with Crippen LogP contribution < -0.4 is 11.1 Å². The smallest absolute Gasteiger partial charge is 0.405 e. The SMILES string of the molecule is CC(C)(CN)CCC(C)(C)NC(=O)O. The van der Waals surface area contributed by atoms with E-state index in [0.29, 0.717) is 6.54 Å². The highest BCUT2D eigenvalue weighted by atomic mass is 16.4. The molecule has 0 aromatic heterocycles. The van der Waals surface area contributed by atoms with Gasteiger partial charge in [-0.05, 0) is 38.6 Å². The molecule has 0 spiro atoms. The van der Waals surface area contributed by atoms with Crippen LogP contribution in [0.15, 0.2) is 0 Å². The zero-order chi connectivity index (χ0) is 11.4. The molecule has 4 nitrogen and oxygen atoms in total. The van der Waals surface area contributed by atoms with Crippen molar-refractivity contribution in [1.29, 1.82) is 0 Å². The molecular weight excluding hydrogens is 180 g/mol. The lowest BCUT2D eigenvalue weighted by Crippen LogP contribution is -2.43. The third-order valence-corrected chi connectivity index (χ3v) is 2.42. The van der Waals surface area contributed by atoms with E-state index in [-0.39, 0.29) is 11.0 Å². The van der Waals surface area contributed by atoms with Crippen molar-refractivity contribution >= 4 is 6.09 Å². The molecule has 0 saturated carbocycles. The summed E-state index contributed by atoms with van der Waals surface area (Å²) >= 11 is 0. The van der Waals surface area contributed by atoms with Crippen molar-refractivity contribution in [2.75, 3.05) is 6.54 Å². The second-order valence-electron chi connectivity index (χ2n) is 5.18. The molecule has 0 aliphatic heterocycles. The predicted molar refractivity (Wildman–Crippen MR) is 57.3 cm³/mol. The minimum absolute atomic E-state index is 0.0808. The highest BCUT2D eigenvalue weighted by Gasteiger charge is 2.24. The Balaban J connectivity index is 4.04. The van der Waals surface area contributed by atoms with E-state index >= 15 is 0 Å². The highest BCUT2D eigenvalue weighted by Crippen LogP contribution is 2.24. The van der Waals surface area contributed by atoms with E-state index < -0.39 is 6.09 Å². The van der Waals surface area contributed by atoms with E-state index in [1.54, 1.807) is 0 Å². The lowest BCUT2D eigenvalue weighted by molar-refractivity contribution is 0.176. The first-order valence-corrected chi connectivity index (χ1v) is 4.90. The van der Waals surface area contributed by atoms with Crippen molar-refractivity contribution in [3.63, 3.8) is 0 Å². The molecule has 0 fully saturated rings. The van der Waals surface area contributed by atoms with Crippen LogP contribution in [0.5, 0.6) is 0 Å². The van der Waals surface area contributed by atoms with Crippen LogP contribution in [0.25, 0.3) is 0 Å². The molecule has 0 bridgehead atoms. The van der Waals surface area contributed by atoms with E-state index in [4.69, 9.17) is 10.8 Å². The summed E-state index contributed by atoms with van der Waals surface area (Å²) < 4.78 is 0. The van der Waals surface area contributed by atoms with Crippen molar-refractivity contribution in [2.24, 2.45) is 11.1 Å². The maximum absolute atomic E-state index is 10.5. The molecule has 0 unspecified atom stereocenters. The molecule has 0 heterocycles. The molecule has 4 heteroatoms. The van der Waals surface area contributed by atoms with Crippen LogP contribution in [-0.2, 0) is 0 Å². The van der Waals surface area contributed by atoms with Gasteiger partial charge in [0.25, 0.3) is 0 Å². The van der Waals surface area contributed by atoms with Gasteiger partial charge in [-0.3, -0.25) is 0 Å². The topological polar surface area (TPSA) is 75.3 Å². The van der Waals surface area contributed by atoms with E-state index in [2.05, 4.69) is 19.2 Å². The van der Waals surface area contributed by atoms with Gasteiger partial charge in [0.05, 0.1) is 0 Å². The van der Waals surface area contributed by atoms with Gasteiger partial charge in [0.2, 0.25) is 0 Å². The molecule has 1 amide bonds. The first-order valence-electron chi connectivity index (χ1n) is 4.90. The normalized spacial score (nSPS) is 12.6. The molecule has 0 aromatic rings. The van der Waals surface area contributed by atoms with E-state index in [0.717, 1.165) is 12.8 Å². The molecule has 0 saturated heterocycles. The Bertz CT molecular complexity index is 200. The van der Waals surface area contributed by atoms with Crippen LogP contribution in [-0.4, -0.2) is 23.3 Å². The van der Waals surface area contributed by atoms with Gasteiger partial charge in [-0.1, -0.05) is 13.8 Å². The molecule has 14 heavy (non-hydrogen) atoms. The summed E-state index contributed by atoms with van der Waals surface area (Å²) in [4.78, 5) is 10.5. The molecule has 0 aliphatic carbocycles. The summed E-state index contributed by atoms with van der Waals surface area (Å²) in [5.74, 6) is 0. The lowest BCUT2D eigenvalue weighted by Gasteiger charge is -2.30. The predicted octanol–water partition coefficient (Wildman–Crippen LogP) is 1.80. The molecule has 4 N–H and O–H groups in total. The van der Waals surface area contributed by atoms with Gasteiger partial charge in [0, 0.05) is 5.54 Å². The van der Waals surface area contributed by atoms with Gasteiger partial charge < -0.3 is 16.2 Å². The quantitative estimate of drug-likeness (QED) is 0.636. The zero-order valence-electron chi connectivity index (χ0n) is 9.55. The summed E-state index contributed by atoms with van der Waals surface area (Å²) in [5, 5.41) is 11.1. The Morgan fingerprint density at radius 3 is 2.14 bits per heavy atom. The zero-order valence-corrected chi connectivity index (χ0v) is 9.55. The monoisotopic (exact) mass is 202 g/mol.